The van der Waals surface area contributed by atoms with Gasteiger partial charge in [-0.2, -0.15) is 0 Å². The van der Waals surface area contributed by atoms with E-state index in [1.807, 2.05) is 42.2 Å². The van der Waals surface area contributed by atoms with Crippen molar-refractivity contribution in [3.05, 3.63) is 54.9 Å². The van der Waals surface area contributed by atoms with Crippen molar-refractivity contribution >= 4 is 0 Å². The summed E-state index contributed by atoms with van der Waals surface area (Å²) in [4.78, 5) is 0. The number of hydrogen-bond acceptors (Lipinski definition) is 1. The third-order valence-electron chi connectivity index (χ3n) is 1.51. The number of aryl methyl sites for hydroxylation is 1. The second-order valence-corrected chi connectivity index (χ2v) is 2.68. The monoisotopic (exact) mass is 175 g/mol. The highest BCUT2D eigenvalue weighted by Crippen LogP contribution is 2.02. The van der Waals surface area contributed by atoms with Crippen LogP contribution in [0.1, 0.15) is 0 Å². The van der Waals surface area contributed by atoms with Gasteiger partial charge in [-0.1, -0.05) is 18.2 Å². The first kappa shape index (κ1) is 9.39. The van der Waals surface area contributed by atoms with Crippen molar-refractivity contribution in [2.24, 2.45) is 7.05 Å². The number of rotatable bonds is 0. The number of nitrogens with zero attached hydrogens (tertiary/aromatic N) is 1. The minimum atomic E-state index is 0.322. The van der Waals surface area contributed by atoms with Gasteiger partial charge in [0.2, 0.25) is 0 Å². The minimum absolute atomic E-state index is 0.322. The molecule has 2 heteroatoms. The molecule has 1 heterocycles. The molecule has 2 aromatic rings. The summed E-state index contributed by atoms with van der Waals surface area (Å²) in [5, 5.41) is 8.63. The van der Waals surface area contributed by atoms with Crippen LogP contribution in [-0.4, -0.2) is 9.67 Å². The van der Waals surface area contributed by atoms with E-state index in [-0.39, 0.29) is 0 Å². The first-order valence-electron chi connectivity index (χ1n) is 4.10. The van der Waals surface area contributed by atoms with Gasteiger partial charge in [0, 0.05) is 19.4 Å². The van der Waals surface area contributed by atoms with Gasteiger partial charge in [0.15, 0.2) is 0 Å². The fourth-order valence-electron chi connectivity index (χ4n) is 0.849. The molecule has 0 unspecified atom stereocenters. The lowest BCUT2D eigenvalue weighted by molar-refractivity contribution is 0.475. The second-order valence-electron chi connectivity index (χ2n) is 2.68. The Bertz CT molecular complexity index is 313. The topological polar surface area (TPSA) is 25.2 Å². The van der Waals surface area contributed by atoms with E-state index in [0.717, 1.165) is 0 Å². The normalized spacial score (nSPS) is 8.69. The first-order valence-corrected chi connectivity index (χ1v) is 4.10. The Hall–Kier alpha value is -1.70. The van der Waals surface area contributed by atoms with E-state index in [1.165, 1.54) is 0 Å². The van der Waals surface area contributed by atoms with Crippen LogP contribution in [0.15, 0.2) is 54.9 Å². The van der Waals surface area contributed by atoms with Gasteiger partial charge >= 0.3 is 0 Å². The molecule has 1 aromatic heterocycles. The summed E-state index contributed by atoms with van der Waals surface area (Å²) in [6.07, 6.45) is 4.00. The van der Waals surface area contributed by atoms with Crippen LogP contribution in [0.5, 0.6) is 5.75 Å². The molecule has 0 amide bonds. The number of phenolic OH excluding ortho intramolecular Hbond substituents is 1. The summed E-state index contributed by atoms with van der Waals surface area (Å²) < 4.78 is 2.00. The van der Waals surface area contributed by atoms with E-state index in [9.17, 15) is 0 Å². The van der Waals surface area contributed by atoms with E-state index in [1.54, 1.807) is 24.3 Å². The zero-order chi connectivity index (χ0) is 9.52. The number of aromatic hydroxyl groups is 1. The summed E-state index contributed by atoms with van der Waals surface area (Å²) >= 11 is 0. The Labute approximate surface area is 78.1 Å². The van der Waals surface area contributed by atoms with Gasteiger partial charge in [-0.3, -0.25) is 0 Å². The number of benzene rings is 1. The van der Waals surface area contributed by atoms with Crippen LogP contribution in [0, 0.1) is 0 Å². The van der Waals surface area contributed by atoms with Crippen molar-refractivity contribution in [2.75, 3.05) is 0 Å². The average Bonchev–Trinajstić information content (AvgIpc) is 2.58. The summed E-state index contributed by atoms with van der Waals surface area (Å²) in [7, 11) is 2.00. The largest absolute Gasteiger partial charge is 0.508 e. The van der Waals surface area contributed by atoms with E-state index in [2.05, 4.69) is 0 Å². The maximum absolute atomic E-state index is 8.63. The molecule has 0 spiro atoms. The van der Waals surface area contributed by atoms with Crippen LogP contribution >= 0.6 is 0 Å². The van der Waals surface area contributed by atoms with Crippen molar-refractivity contribution in [1.82, 2.24) is 4.57 Å². The maximum atomic E-state index is 8.63. The second kappa shape index (κ2) is 5.04. The average molecular weight is 175 g/mol. The highest BCUT2D eigenvalue weighted by molar-refractivity contribution is 5.18. The van der Waals surface area contributed by atoms with Gasteiger partial charge in [0.25, 0.3) is 0 Å². The highest BCUT2D eigenvalue weighted by Gasteiger charge is 1.74. The van der Waals surface area contributed by atoms with E-state index >= 15 is 0 Å². The Kier molecular flexibility index (Phi) is 3.64. The standard InChI is InChI=1S/C6H6O.C5H7N/c7-6-4-2-1-3-5-6;1-6-4-2-3-5-6/h1-5,7H;2-5H,1H3. The molecule has 0 radical (unpaired) electrons. The van der Waals surface area contributed by atoms with Crippen LogP contribution in [0.3, 0.4) is 0 Å². The van der Waals surface area contributed by atoms with Crippen molar-refractivity contribution in [3.63, 3.8) is 0 Å². The molecule has 0 fully saturated rings. The highest BCUT2D eigenvalue weighted by atomic mass is 16.3. The molecule has 0 saturated heterocycles. The Morgan fingerprint density at radius 3 is 1.69 bits per heavy atom. The lowest BCUT2D eigenvalue weighted by Gasteiger charge is -1.82. The molecular weight excluding hydrogens is 162 g/mol. The van der Waals surface area contributed by atoms with Crippen LogP contribution < -0.4 is 0 Å². The zero-order valence-corrected chi connectivity index (χ0v) is 7.59. The molecule has 0 bridgehead atoms. The van der Waals surface area contributed by atoms with Crippen LogP contribution in [0.4, 0.5) is 0 Å². The molecule has 0 aliphatic carbocycles. The van der Waals surface area contributed by atoms with Gasteiger partial charge in [-0.05, 0) is 24.3 Å². The first-order chi connectivity index (χ1) is 6.29. The summed E-state index contributed by atoms with van der Waals surface area (Å²) in [5.41, 5.74) is 0. The number of para-hydroxylation sites is 1. The number of hydrogen-bond donors (Lipinski definition) is 1. The lowest BCUT2D eigenvalue weighted by atomic mass is 10.3. The molecule has 2 nitrogen and oxygen atoms in total. The fourth-order valence-corrected chi connectivity index (χ4v) is 0.849. The van der Waals surface area contributed by atoms with E-state index < -0.39 is 0 Å². The van der Waals surface area contributed by atoms with Crippen molar-refractivity contribution in [2.45, 2.75) is 0 Å². The quantitative estimate of drug-likeness (QED) is 0.653. The van der Waals surface area contributed by atoms with Crippen LogP contribution in [-0.2, 0) is 7.05 Å². The molecule has 0 saturated carbocycles. The molecule has 68 valence electrons. The Morgan fingerprint density at radius 1 is 0.923 bits per heavy atom. The predicted molar refractivity (Wildman–Crippen MR) is 53.5 cm³/mol. The number of phenols is 1. The third kappa shape index (κ3) is 4.01. The summed E-state index contributed by atoms with van der Waals surface area (Å²) in [6, 6.07) is 12.7. The minimum Gasteiger partial charge on any atom is -0.508 e. The molecule has 2 rings (SSSR count). The van der Waals surface area contributed by atoms with Crippen molar-refractivity contribution < 1.29 is 5.11 Å². The van der Waals surface area contributed by atoms with E-state index in [4.69, 9.17) is 5.11 Å². The SMILES string of the molecule is Cn1cccc1.Oc1ccccc1. The maximum Gasteiger partial charge on any atom is 0.115 e. The van der Waals surface area contributed by atoms with Gasteiger partial charge < -0.3 is 9.67 Å². The van der Waals surface area contributed by atoms with Gasteiger partial charge in [0.05, 0.1) is 0 Å². The third-order valence-corrected chi connectivity index (χ3v) is 1.51. The summed E-state index contributed by atoms with van der Waals surface area (Å²) in [5.74, 6) is 0.322. The zero-order valence-electron chi connectivity index (χ0n) is 7.59. The van der Waals surface area contributed by atoms with Gasteiger partial charge in [-0.25, -0.2) is 0 Å². The predicted octanol–water partition coefficient (Wildman–Crippen LogP) is 2.42. The molecule has 0 atom stereocenters. The molecular formula is C11H13NO. The molecule has 1 aromatic carbocycles. The summed E-state index contributed by atoms with van der Waals surface area (Å²) in [6.45, 7) is 0. The fraction of sp³-hybridized carbons (Fsp3) is 0.0909. The Balaban J connectivity index is 0.000000132. The number of aromatic nitrogens is 1. The van der Waals surface area contributed by atoms with Crippen molar-refractivity contribution in [3.8, 4) is 5.75 Å². The van der Waals surface area contributed by atoms with Gasteiger partial charge in [-0.15, -0.1) is 0 Å². The molecule has 0 aliphatic rings. The smallest absolute Gasteiger partial charge is 0.115 e. The van der Waals surface area contributed by atoms with Crippen LogP contribution in [0.25, 0.3) is 0 Å². The molecule has 0 aliphatic heterocycles. The van der Waals surface area contributed by atoms with Crippen LogP contribution in [0.2, 0.25) is 0 Å². The van der Waals surface area contributed by atoms with Crippen molar-refractivity contribution in [1.29, 1.82) is 0 Å². The lowest BCUT2D eigenvalue weighted by Crippen LogP contribution is -1.75. The van der Waals surface area contributed by atoms with Gasteiger partial charge in [0.1, 0.15) is 5.75 Å². The Morgan fingerprint density at radius 2 is 1.46 bits per heavy atom. The molecule has 1 N–H and O–H groups in total. The molecule has 13 heavy (non-hydrogen) atoms. The van der Waals surface area contributed by atoms with E-state index in [0.29, 0.717) is 5.75 Å².